The Labute approximate surface area is 102 Å². The molecular formula is C15H18N2. The molecule has 3 rings (SSSR count). The van der Waals surface area contributed by atoms with Crippen LogP contribution < -0.4 is 5.32 Å². The lowest BCUT2D eigenvalue weighted by Gasteiger charge is -2.24. The third-order valence-corrected chi connectivity index (χ3v) is 3.60. The molecule has 1 aliphatic rings. The molecule has 88 valence electrons. The Morgan fingerprint density at radius 2 is 1.82 bits per heavy atom. The second-order valence-corrected chi connectivity index (χ2v) is 4.86. The van der Waals surface area contributed by atoms with E-state index in [9.17, 15) is 0 Å². The molecule has 0 saturated heterocycles. The van der Waals surface area contributed by atoms with Gasteiger partial charge in [-0.1, -0.05) is 37.5 Å². The van der Waals surface area contributed by atoms with Crippen LogP contribution in [0.1, 0.15) is 32.1 Å². The zero-order valence-corrected chi connectivity index (χ0v) is 10.0. The Morgan fingerprint density at radius 1 is 1.00 bits per heavy atom. The minimum Gasteiger partial charge on any atom is -0.381 e. The number of para-hydroxylation sites is 1. The van der Waals surface area contributed by atoms with Crippen molar-refractivity contribution in [3.8, 4) is 0 Å². The van der Waals surface area contributed by atoms with Crippen LogP contribution in [0.5, 0.6) is 0 Å². The third kappa shape index (κ3) is 2.26. The summed E-state index contributed by atoms with van der Waals surface area (Å²) < 4.78 is 0. The molecule has 0 spiro atoms. The van der Waals surface area contributed by atoms with Gasteiger partial charge >= 0.3 is 0 Å². The van der Waals surface area contributed by atoms with E-state index in [0.717, 1.165) is 5.52 Å². The highest BCUT2D eigenvalue weighted by Crippen LogP contribution is 2.25. The van der Waals surface area contributed by atoms with Crippen LogP contribution in [0.4, 0.5) is 5.69 Å². The number of hydrogen-bond acceptors (Lipinski definition) is 2. The molecule has 0 unspecified atom stereocenters. The summed E-state index contributed by atoms with van der Waals surface area (Å²) >= 11 is 0. The number of rotatable bonds is 2. The van der Waals surface area contributed by atoms with E-state index in [-0.39, 0.29) is 0 Å². The van der Waals surface area contributed by atoms with Gasteiger partial charge in [-0.05, 0) is 25.0 Å². The van der Waals surface area contributed by atoms with Gasteiger partial charge in [-0.15, -0.1) is 0 Å². The Bertz CT molecular complexity index is 496. The van der Waals surface area contributed by atoms with Crippen molar-refractivity contribution in [3.05, 3.63) is 36.5 Å². The van der Waals surface area contributed by atoms with E-state index >= 15 is 0 Å². The maximum absolute atomic E-state index is 4.48. The van der Waals surface area contributed by atoms with Crippen LogP contribution in [0.3, 0.4) is 0 Å². The number of nitrogens with zero attached hydrogens (tertiary/aromatic N) is 1. The first-order chi connectivity index (χ1) is 8.43. The monoisotopic (exact) mass is 226 g/mol. The van der Waals surface area contributed by atoms with Crippen molar-refractivity contribution in [2.75, 3.05) is 5.32 Å². The van der Waals surface area contributed by atoms with Crippen LogP contribution in [-0.2, 0) is 0 Å². The van der Waals surface area contributed by atoms with Crippen molar-refractivity contribution >= 4 is 16.6 Å². The van der Waals surface area contributed by atoms with Crippen molar-refractivity contribution in [2.45, 2.75) is 38.1 Å². The minimum absolute atomic E-state index is 0.636. The molecule has 0 radical (unpaired) electrons. The number of benzene rings is 1. The summed E-state index contributed by atoms with van der Waals surface area (Å²) in [5.74, 6) is 0. The van der Waals surface area contributed by atoms with E-state index < -0.39 is 0 Å². The minimum atomic E-state index is 0.636. The van der Waals surface area contributed by atoms with Crippen LogP contribution in [-0.4, -0.2) is 11.0 Å². The summed E-state index contributed by atoms with van der Waals surface area (Å²) in [6.45, 7) is 0. The lowest BCUT2D eigenvalue weighted by molar-refractivity contribution is 0.463. The molecule has 0 atom stereocenters. The van der Waals surface area contributed by atoms with Crippen LogP contribution in [0.15, 0.2) is 36.5 Å². The first kappa shape index (κ1) is 10.6. The van der Waals surface area contributed by atoms with Crippen molar-refractivity contribution in [1.29, 1.82) is 0 Å². The van der Waals surface area contributed by atoms with Crippen LogP contribution in [0, 0.1) is 0 Å². The van der Waals surface area contributed by atoms with Gasteiger partial charge in [0.05, 0.1) is 11.2 Å². The smallest absolute Gasteiger partial charge is 0.0933 e. The summed E-state index contributed by atoms with van der Waals surface area (Å²) in [6, 6.07) is 11.1. The van der Waals surface area contributed by atoms with Gasteiger partial charge in [0.15, 0.2) is 0 Å². The second-order valence-electron chi connectivity index (χ2n) is 4.86. The van der Waals surface area contributed by atoms with Crippen molar-refractivity contribution in [2.24, 2.45) is 0 Å². The lowest BCUT2D eigenvalue weighted by Crippen LogP contribution is -2.22. The van der Waals surface area contributed by atoms with E-state index in [4.69, 9.17) is 0 Å². The highest BCUT2D eigenvalue weighted by Gasteiger charge is 2.13. The van der Waals surface area contributed by atoms with Gasteiger partial charge in [0, 0.05) is 17.6 Å². The van der Waals surface area contributed by atoms with Gasteiger partial charge in [-0.25, -0.2) is 0 Å². The zero-order chi connectivity index (χ0) is 11.5. The van der Waals surface area contributed by atoms with E-state index in [1.54, 1.807) is 0 Å². The number of aromatic nitrogens is 1. The van der Waals surface area contributed by atoms with Gasteiger partial charge in [-0.3, -0.25) is 4.98 Å². The van der Waals surface area contributed by atoms with Gasteiger partial charge in [-0.2, -0.15) is 0 Å². The standard InChI is InChI=1S/C15H18N2/c1-2-8-13(9-3-1)17-14-10-4-6-12-7-5-11-16-15(12)14/h4-7,10-11,13,17H,1-3,8-9H2. The molecule has 0 aliphatic heterocycles. The fourth-order valence-electron chi connectivity index (χ4n) is 2.69. The average molecular weight is 226 g/mol. The van der Waals surface area contributed by atoms with E-state index in [1.165, 1.54) is 43.2 Å². The van der Waals surface area contributed by atoms with Crippen LogP contribution in [0.2, 0.25) is 0 Å². The Hall–Kier alpha value is -1.57. The van der Waals surface area contributed by atoms with Gasteiger partial charge < -0.3 is 5.32 Å². The molecule has 0 amide bonds. The van der Waals surface area contributed by atoms with Crippen molar-refractivity contribution < 1.29 is 0 Å². The van der Waals surface area contributed by atoms with Gasteiger partial charge in [0.25, 0.3) is 0 Å². The number of fused-ring (bicyclic) bond motifs is 1. The molecule has 1 saturated carbocycles. The highest BCUT2D eigenvalue weighted by molar-refractivity contribution is 5.90. The quantitative estimate of drug-likeness (QED) is 0.837. The summed E-state index contributed by atoms with van der Waals surface area (Å²) in [6.07, 6.45) is 8.57. The third-order valence-electron chi connectivity index (χ3n) is 3.60. The van der Waals surface area contributed by atoms with Crippen LogP contribution >= 0.6 is 0 Å². The Morgan fingerprint density at radius 3 is 2.71 bits per heavy atom. The van der Waals surface area contributed by atoms with Gasteiger partial charge in [0.1, 0.15) is 0 Å². The predicted molar refractivity (Wildman–Crippen MR) is 72.2 cm³/mol. The molecule has 1 N–H and O–H groups in total. The zero-order valence-electron chi connectivity index (χ0n) is 10.0. The number of pyridine rings is 1. The molecule has 1 aliphatic carbocycles. The highest BCUT2D eigenvalue weighted by atomic mass is 14.9. The van der Waals surface area contributed by atoms with Gasteiger partial charge in [0.2, 0.25) is 0 Å². The number of nitrogens with one attached hydrogen (secondary N) is 1. The fourth-order valence-corrected chi connectivity index (χ4v) is 2.69. The molecule has 2 heteroatoms. The maximum Gasteiger partial charge on any atom is 0.0933 e. The average Bonchev–Trinajstić information content (AvgIpc) is 2.40. The topological polar surface area (TPSA) is 24.9 Å². The fraction of sp³-hybridized carbons (Fsp3) is 0.400. The first-order valence-electron chi connectivity index (χ1n) is 6.54. The molecule has 1 aromatic carbocycles. The molecule has 17 heavy (non-hydrogen) atoms. The van der Waals surface area contributed by atoms with Crippen molar-refractivity contribution in [3.63, 3.8) is 0 Å². The Balaban J connectivity index is 1.89. The van der Waals surface area contributed by atoms with E-state index in [1.807, 2.05) is 12.3 Å². The first-order valence-corrected chi connectivity index (χ1v) is 6.54. The molecular weight excluding hydrogens is 208 g/mol. The Kier molecular flexibility index (Phi) is 2.95. The summed E-state index contributed by atoms with van der Waals surface area (Å²) in [5, 5.41) is 4.88. The summed E-state index contributed by atoms with van der Waals surface area (Å²) in [4.78, 5) is 4.48. The van der Waals surface area contributed by atoms with Crippen molar-refractivity contribution in [1.82, 2.24) is 4.98 Å². The predicted octanol–water partition coefficient (Wildman–Crippen LogP) is 3.98. The molecule has 2 nitrogen and oxygen atoms in total. The molecule has 1 fully saturated rings. The SMILES string of the molecule is c1cnc2c(NC3CCCCC3)cccc2c1. The van der Waals surface area contributed by atoms with Crippen LogP contribution in [0.25, 0.3) is 10.9 Å². The molecule has 1 aromatic heterocycles. The molecule has 1 heterocycles. The largest absolute Gasteiger partial charge is 0.381 e. The molecule has 2 aromatic rings. The summed E-state index contributed by atoms with van der Waals surface area (Å²) in [7, 11) is 0. The summed E-state index contributed by atoms with van der Waals surface area (Å²) in [5.41, 5.74) is 2.29. The maximum atomic E-state index is 4.48. The molecule has 0 bridgehead atoms. The second kappa shape index (κ2) is 4.74. The number of hydrogen-bond donors (Lipinski definition) is 1. The van der Waals surface area contributed by atoms with E-state index in [0.29, 0.717) is 6.04 Å². The lowest BCUT2D eigenvalue weighted by atomic mass is 9.95. The number of anilines is 1. The van der Waals surface area contributed by atoms with E-state index in [2.05, 4.69) is 34.6 Å². The normalized spacial score (nSPS) is 17.2.